The number of carbonyl (C=O) groups is 1. The highest BCUT2D eigenvalue weighted by molar-refractivity contribution is 5.78. The molecule has 0 spiro atoms. The summed E-state index contributed by atoms with van der Waals surface area (Å²) in [7, 11) is 0. The molecule has 20 heavy (non-hydrogen) atoms. The molecule has 118 valence electrons. The highest BCUT2D eigenvalue weighted by Crippen LogP contribution is 2.16. The van der Waals surface area contributed by atoms with Crippen LogP contribution < -0.4 is 10.6 Å². The normalized spacial score (nSPS) is 20.6. The van der Waals surface area contributed by atoms with E-state index < -0.39 is 0 Å². The van der Waals surface area contributed by atoms with Crippen molar-refractivity contribution in [3.05, 3.63) is 0 Å². The Kier molecular flexibility index (Phi) is 8.15. The average Bonchev–Trinajstić information content (AvgIpc) is 2.37. The van der Waals surface area contributed by atoms with Crippen LogP contribution in [0.1, 0.15) is 53.4 Å². The molecule has 1 unspecified atom stereocenters. The van der Waals surface area contributed by atoms with Crippen LogP contribution >= 0.6 is 0 Å². The van der Waals surface area contributed by atoms with Gasteiger partial charge in [0.2, 0.25) is 5.91 Å². The first-order valence-electron chi connectivity index (χ1n) is 8.23. The molecule has 4 heteroatoms. The Bertz CT molecular complexity index is 279. The van der Waals surface area contributed by atoms with Crippen LogP contribution in [0.5, 0.6) is 0 Å². The van der Waals surface area contributed by atoms with Crippen molar-refractivity contribution in [2.24, 2.45) is 5.92 Å². The number of piperidine rings is 1. The molecule has 1 fully saturated rings. The summed E-state index contributed by atoms with van der Waals surface area (Å²) in [5.41, 5.74) is 0. The Morgan fingerprint density at radius 3 is 2.65 bits per heavy atom. The van der Waals surface area contributed by atoms with E-state index in [4.69, 9.17) is 0 Å². The minimum atomic E-state index is 0.182. The van der Waals surface area contributed by atoms with E-state index in [0.29, 0.717) is 24.5 Å². The molecule has 1 atom stereocenters. The molecule has 0 radical (unpaired) electrons. The van der Waals surface area contributed by atoms with Crippen LogP contribution in [-0.2, 0) is 4.79 Å². The lowest BCUT2D eigenvalue weighted by molar-refractivity contribution is -0.123. The maximum absolute atomic E-state index is 12.0. The molecule has 0 aromatic carbocycles. The van der Waals surface area contributed by atoms with E-state index in [1.54, 1.807) is 0 Å². The van der Waals surface area contributed by atoms with E-state index in [9.17, 15) is 4.79 Å². The summed E-state index contributed by atoms with van der Waals surface area (Å²) >= 11 is 0. The van der Waals surface area contributed by atoms with Gasteiger partial charge in [0.05, 0.1) is 6.54 Å². The number of hydrogen-bond donors (Lipinski definition) is 2. The average molecular weight is 283 g/mol. The van der Waals surface area contributed by atoms with Gasteiger partial charge in [-0.05, 0) is 31.7 Å². The third kappa shape index (κ3) is 7.25. The van der Waals surface area contributed by atoms with Gasteiger partial charge in [-0.3, -0.25) is 9.69 Å². The summed E-state index contributed by atoms with van der Waals surface area (Å²) in [5, 5.41) is 6.55. The first-order chi connectivity index (χ1) is 9.49. The summed E-state index contributed by atoms with van der Waals surface area (Å²) in [4.78, 5) is 14.4. The zero-order chi connectivity index (χ0) is 15.0. The Balaban J connectivity index is 2.31. The molecule has 0 aliphatic carbocycles. The van der Waals surface area contributed by atoms with E-state index in [1.807, 2.05) is 0 Å². The van der Waals surface area contributed by atoms with Gasteiger partial charge in [-0.1, -0.05) is 34.1 Å². The molecule has 4 nitrogen and oxygen atoms in total. The van der Waals surface area contributed by atoms with Crippen molar-refractivity contribution in [3.8, 4) is 0 Å². The lowest BCUT2D eigenvalue weighted by Gasteiger charge is -2.35. The molecule has 1 aliphatic heterocycles. The van der Waals surface area contributed by atoms with E-state index >= 15 is 0 Å². The maximum atomic E-state index is 12.0. The van der Waals surface area contributed by atoms with Gasteiger partial charge in [-0.25, -0.2) is 0 Å². The molecule has 0 saturated carbocycles. The third-order valence-electron chi connectivity index (χ3n) is 3.90. The van der Waals surface area contributed by atoms with E-state index in [0.717, 1.165) is 26.1 Å². The van der Waals surface area contributed by atoms with Crippen LogP contribution in [0.25, 0.3) is 0 Å². The van der Waals surface area contributed by atoms with Gasteiger partial charge in [0.15, 0.2) is 0 Å². The number of carbonyl (C=O) groups excluding carboxylic acids is 1. The summed E-state index contributed by atoms with van der Waals surface area (Å²) in [5.74, 6) is 0.829. The van der Waals surface area contributed by atoms with Crippen molar-refractivity contribution in [2.75, 3.05) is 26.2 Å². The number of likely N-dealkylation sites (tertiary alicyclic amines) is 1. The van der Waals surface area contributed by atoms with Crippen molar-refractivity contribution in [3.63, 3.8) is 0 Å². The fourth-order valence-corrected chi connectivity index (χ4v) is 2.61. The fourth-order valence-electron chi connectivity index (χ4n) is 2.61. The standard InChI is InChI=1S/C16H33N3O/c1-13(2)8-9-17-16(20)12-19-10-6-5-7-15(19)11-18-14(3)4/h13-15,18H,5-12H2,1-4H3,(H,17,20). The molecule has 1 saturated heterocycles. The highest BCUT2D eigenvalue weighted by atomic mass is 16.2. The molecule has 2 N–H and O–H groups in total. The first kappa shape index (κ1) is 17.4. The van der Waals surface area contributed by atoms with Crippen LogP contribution in [-0.4, -0.2) is 49.1 Å². The third-order valence-corrected chi connectivity index (χ3v) is 3.90. The van der Waals surface area contributed by atoms with Gasteiger partial charge in [0.1, 0.15) is 0 Å². The Labute approximate surface area is 124 Å². The summed E-state index contributed by atoms with van der Waals surface area (Å²) in [6.45, 7) is 12.1. The molecule has 1 amide bonds. The topological polar surface area (TPSA) is 44.4 Å². The number of amides is 1. The monoisotopic (exact) mass is 283 g/mol. The molecule has 1 heterocycles. The van der Waals surface area contributed by atoms with Crippen molar-refractivity contribution in [2.45, 2.75) is 65.5 Å². The SMILES string of the molecule is CC(C)CCNC(=O)CN1CCCCC1CNC(C)C. The fraction of sp³-hybridized carbons (Fsp3) is 0.938. The van der Waals surface area contributed by atoms with Crippen molar-refractivity contribution in [1.29, 1.82) is 0 Å². The Morgan fingerprint density at radius 1 is 1.25 bits per heavy atom. The van der Waals surface area contributed by atoms with E-state index in [-0.39, 0.29) is 5.91 Å². The zero-order valence-electron chi connectivity index (χ0n) is 13.7. The smallest absolute Gasteiger partial charge is 0.234 e. The quantitative estimate of drug-likeness (QED) is 0.716. The van der Waals surface area contributed by atoms with Gasteiger partial charge in [0.25, 0.3) is 0 Å². The van der Waals surface area contributed by atoms with Gasteiger partial charge >= 0.3 is 0 Å². The minimum Gasteiger partial charge on any atom is -0.355 e. The van der Waals surface area contributed by atoms with Crippen molar-refractivity contribution in [1.82, 2.24) is 15.5 Å². The predicted octanol–water partition coefficient (Wildman–Crippen LogP) is 2.00. The van der Waals surface area contributed by atoms with E-state index in [1.165, 1.54) is 19.3 Å². The largest absolute Gasteiger partial charge is 0.355 e. The number of hydrogen-bond acceptors (Lipinski definition) is 3. The lowest BCUT2D eigenvalue weighted by Crippen LogP contribution is -2.50. The van der Waals surface area contributed by atoms with Crippen LogP contribution in [0.4, 0.5) is 0 Å². The first-order valence-corrected chi connectivity index (χ1v) is 8.23. The van der Waals surface area contributed by atoms with Crippen molar-refractivity contribution >= 4 is 5.91 Å². The van der Waals surface area contributed by atoms with Gasteiger partial charge in [0, 0.05) is 25.2 Å². The van der Waals surface area contributed by atoms with Crippen LogP contribution in [0, 0.1) is 5.92 Å². The molecule has 0 bridgehead atoms. The Morgan fingerprint density at radius 2 is 2.00 bits per heavy atom. The lowest BCUT2D eigenvalue weighted by atomic mass is 10.0. The molecular formula is C16H33N3O. The van der Waals surface area contributed by atoms with Gasteiger partial charge in [-0.15, -0.1) is 0 Å². The predicted molar refractivity (Wildman–Crippen MR) is 84.8 cm³/mol. The zero-order valence-corrected chi connectivity index (χ0v) is 13.7. The highest BCUT2D eigenvalue weighted by Gasteiger charge is 2.23. The molecular weight excluding hydrogens is 250 g/mol. The second kappa shape index (κ2) is 9.35. The summed E-state index contributed by atoms with van der Waals surface area (Å²) in [6, 6.07) is 1.03. The molecule has 1 rings (SSSR count). The maximum Gasteiger partial charge on any atom is 0.234 e. The van der Waals surface area contributed by atoms with E-state index in [2.05, 4.69) is 43.2 Å². The number of nitrogens with zero attached hydrogens (tertiary/aromatic N) is 1. The molecule has 0 aromatic heterocycles. The minimum absolute atomic E-state index is 0.182. The summed E-state index contributed by atoms with van der Waals surface area (Å²) < 4.78 is 0. The molecule has 0 aromatic rings. The van der Waals surface area contributed by atoms with Gasteiger partial charge in [-0.2, -0.15) is 0 Å². The van der Waals surface area contributed by atoms with Gasteiger partial charge < -0.3 is 10.6 Å². The molecule has 1 aliphatic rings. The Hall–Kier alpha value is -0.610. The summed E-state index contributed by atoms with van der Waals surface area (Å²) in [6.07, 6.45) is 4.77. The second-order valence-corrected chi connectivity index (χ2v) is 6.72. The van der Waals surface area contributed by atoms with Crippen molar-refractivity contribution < 1.29 is 4.79 Å². The van der Waals surface area contributed by atoms with Crippen LogP contribution in [0.3, 0.4) is 0 Å². The number of rotatable bonds is 8. The number of nitrogens with one attached hydrogen (secondary N) is 2. The second-order valence-electron chi connectivity index (χ2n) is 6.72. The van der Waals surface area contributed by atoms with Crippen LogP contribution in [0.15, 0.2) is 0 Å². The van der Waals surface area contributed by atoms with Crippen LogP contribution in [0.2, 0.25) is 0 Å².